The minimum atomic E-state index is -3.64. The van der Waals surface area contributed by atoms with E-state index in [1.54, 1.807) is 30.3 Å². The topological polar surface area (TPSA) is 64.6 Å². The Balaban J connectivity index is 2.48. The molecule has 0 radical (unpaired) electrons. The van der Waals surface area contributed by atoms with Crippen molar-refractivity contribution in [1.82, 2.24) is 5.09 Å². The molecule has 0 saturated carbocycles. The third kappa shape index (κ3) is 6.42. The molecular formula is C13H19ClNO4P. The number of nitrogens with one attached hydrogen (secondary N) is 1. The summed E-state index contributed by atoms with van der Waals surface area (Å²) in [5.41, 5.74) is 0. The first kappa shape index (κ1) is 17.0. The van der Waals surface area contributed by atoms with E-state index in [-0.39, 0.29) is 0 Å². The zero-order valence-corrected chi connectivity index (χ0v) is 13.2. The zero-order chi connectivity index (χ0) is 15.0. The van der Waals surface area contributed by atoms with Crippen LogP contribution >= 0.6 is 18.1 Å². The van der Waals surface area contributed by atoms with Crippen molar-refractivity contribution in [3.63, 3.8) is 0 Å². The maximum atomic E-state index is 12.1. The fourth-order valence-electron chi connectivity index (χ4n) is 1.37. The van der Waals surface area contributed by atoms with E-state index in [1.807, 2.05) is 6.92 Å². The lowest BCUT2D eigenvalue weighted by Crippen LogP contribution is -2.33. The summed E-state index contributed by atoms with van der Waals surface area (Å²) < 4.78 is 22.2. The largest absolute Gasteiger partial charge is 0.465 e. The number of carbonyl (C=O) groups is 1. The summed E-state index contributed by atoms with van der Waals surface area (Å²) in [7, 11) is 0. The minimum absolute atomic E-state index is 0.341. The van der Waals surface area contributed by atoms with Crippen LogP contribution < -0.4 is 9.61 Å². The lowest BCUT2D eigenvalue weighted by atomic mass is 10.3. The molecule has 1 aromatic carbocycles. The predicted molar refractivity (Wildman–Crippen MR) is 79.0 cm³/mol. The highest BCUT2D eigenvalue weighted by Gasteiger charge is 2.27. The molecule has 0 saturated heterocycles. The van der Waals surface area contributed by atoms with Gasteiger partial charge in [0.05, 0.1) is 6.61 Å². The molecular weight excluding hydrogens is 301 g/mol. The van der Waals surface area contributed by atoms with Crippen LogP contribution in [-0.2, 0) is 14.1 Å². The molecule has 0 fully saturated rings. The number of rotatable bonds is 8. The predicted octanol–water partition coefficient (Wildman–Crippen LogP) is 3.73. The van der Waals surface area contributed by atoms with Crippen molar-refractivity contribution in [3.05, 3.63) is 30.3 Å². The van der Waals surface area contributed by atoms with Gasteiger partial charge in [-0.1, -0.05) is 31.5 Å². The van der Waals surface area contributed by atoms with Crippen LogP contribution in [0.15, 0.2) is 30.3 Å². The van der Waals surface area contributed by atoms with E-state index < -0.39 is 18.9 Å². The summed E-state index contributed by atoms with van der Waals surface area (Å²) >= 11 is 5.79. The third-order valence-corrected chi connectivity index (χ3v) is 4.05. The van der Waals surface area contributed by atoms with E-state index in [0.29, 0.717) is 12.4 Å². The Morgan fingerprint density at radius 3 is 2.65 bits per heavy atom. The molecule has 7 heteroatoms. The third-order valence-electron chi connectivity index (χ3n) is 2.41. The number of benzene rings is 1. The van der Waals surface area contributed by atoms with Crippen LogP contribution in [0.25, 0.3) is 0 Å². The van der Waals surface area contributed by atoms with Gasteiger partial charge in [0.2, 0.25) is 0 Å². The standard InChI is InChI=1S/C13H19ClNO4P/c1-3-4-10-18-13(16)11(2)15-20(14,17)19-12-8-6-5-7-9-12/h5-9,11H,3-4,10H2,1-2H3,(H,15,17)/t11-,20-/m0/s1. The van der Waals surface area contributed by atoms with Crippen LogP contribution in [0.5, 0.6) is 5.75 Å². The van der Waals surface area contributed by atoms with Gasteiger partial charge in [-0.05, 0) is 25.5 Å². The second kappa shape index (κ2) is 8.30. The normalized spacial score (nSPS) is 15.2. The van der Waals surface area contributed by atoms with Gasteiger partial charge < -0.3 is 9.26 Å². The molecule has 0 spiro atoms. The van der Waals surface area contributed by atoms with Crippen molar-refractivity contribution < 1.29 is 18.6 Å². The van der Waals surface area contributed by atoms with E-state index in [2.05, 4.69) is 5.09 Å². The first-order valence-corrected chi connectivity index (χ1v) is 8.96. The summed E-state index contributed by atoms with van der Waals surface area (Å²) in [5.74, 6) is -0.138. The van der Waals surface area contributed by atoms with E-state index in [9.17, 15) is 9.36 Å². The lowest BCUT2D eigenvalue weighted by Gasteiger charge is -2.18. The second-order valence-electron chi connectivity index (χ2n) is 4.26. The van der Waals surface area contributed by atoms with Crippen molar-refractivity contribution in [2.24, 2.45) is 0 Å². The van der Waals surface area contributed by atoms with Crippen LogP contribution in [0.4, 0.5) is 0 Å². The van der Waals surface area contributed by atoms with Crippen LogP contribution in [0, 0.1) is 0 Å². The van der Waals surface area contributed by atoms with Crippen molar-refractivity contribution in [1.29, 1.82) is 0 Å². The molecule has 20 heavy (non-hydrogen) atoms. The van der Waals surface area contributed by atoms with E-state index in [1.165, 1.54) is 6.92 Å². The molecule has 0 heterocycles. The Bertz CT molecular complexity index is 469. The van der Waals surface area contributed by atoms with Crippen LogP contribution in [0.2, 0.25) is 0 Å². The number of esters is 1. The highest BCUT2D eigenvalue weighted by molar-refractivity contribution is 7.84. The fourth-order valence-corrected chi connectivity index (χ4v) is 3.06. The average Bonchev–Trinajstić information content (AvgIpc) is 2.38. The molecule has 2 atom stereocenters. The van der Waals surface area contributed by atoms with Gasteiger partial charge in [-0.3, -0.25) is 4.79 Å². The molecule has 1 rings (SSSR count). The van der Waals surface area contributed by atoms with Gasteiger partial charge >= 0.3 is 12.8 Å². The Morgan fingerprint density at radius 1 is 1.40 bits per heavy atom. The molecule has 0 aliphatic heterocycles. The maximum absolute atomic E-state index is 12.1. The highest BCUT2D eigenvalue weighted by Crippen LogP contribution is 2.48. The molecule has 5 nitrogen and oxygen atoms in total. The quantitative estimate of drug-likeness (QED) is 0.449. The van der Waals surface area contributed by atoms with Crippen molar-refractivity contribution >= 4 is 24.1 Å². The summed E-state index contributed by atoms with van der Waals surface area (Å²) in [6.07, 6.45) is 1.72. The monoisotopic (exact) mass is 319 g/mol. The van der Waals surface area contributed by atoms with Crippen molar-refractivity contribution in [2.45, 2.75) is 32.7 Å². The zero-order valence-electron chi connectivity index (χ0n) is 11.5. The van der Waals surface area contributed by atoms with Gasteiger partial charge in [-0.25, -0.2) is 9.65 Å². The number of para-hydroxylation sites is 1. The highest BCUT2D eigenvalue weighted by atomic mass is 35.7. The summed E-state index contributed by atoms with van der Waals surface area (Å²) in [4.78, 5) is 11.6. The molecule has 0 aromatic heterocycles. The van der Waals surface area contributed by atoms with Gasteiger partial charge in [0.1, 0.15) is 11.8 Å². The van der Waals surface area contributed by atoms with Gasteiger partial charge in [0.15, 0.2) is 0 Å². The molecule has 0 unspecified atom stereocenters. The van der Waals surface area contributed by atoms with Crippen LogP contribution in [0.1, 0.15) is 26.7 Å². The smallest absolute Gasteiger partial charge is 0.409 e. The number of hydrogen-bond acceptors (Lipinski definition) is 4. The van der Waals surface area contributed by atoms with E-state index in [4.69, 9.17) is 20.5 Å². The van der Waals surface area contributed by atoms with Crippen molar-refractivity contribution in [3.8, 4) is 5.75 Å². The Kier molecular flexibility index (Phi) is 7.06. The summed E-state index contributed by atoms with van der Waals surface area (Å²) in [5, 5.41) is 2.46. The van der Waals surface area contributed by atoms with E-state index in [0.717, 1.165) is 12.8 Å². The second-order valence-corrected chi connectivity index (χ2v) is 6.99. The van der Waals surface area contributed by atoms with Gasteiger partial charge in [0, 0.05) is 11.2 Å². The number of hydrogen-bond donors (Lipinski definition) is 1. The molecule has 0 amide bonds. The molecule has 0 bridgehead atoms. The molecule has 112 valence electrons. The molecule has 0 aliphatic rings. The lowest BCUT2D eigenvalue weighted by molar-refractivity contribution is -0.145. The van der Waals surface area contributed by atoms with Gasteiger partial charge in [-0.2, -0.15) is 0 Å². The Hall–Kier alpha value is -1.03. The number of unbranched alkanes of at least 4 members (excludes halogenated alkanes) is 1. The molecule has 1 aromatic rings. The minimum Gasteiger partial charge on any atom is -0.465 e. The van der Waals surface area contributed by atoms with Crippen LogP contribution in [-0.4, -0.2) is 18.6 Å². The number of carbonyl (C=O) groups excluding carboxylic acids is 1. The first-order valence-electron chi connectivity index (χ1n) is 6.43. The van der Waals surface area contributed by atoms with E-state index >= 15 is 0 Å². The van der Waals surface area contributed by atoms with Crippen LogP contribution in [0.3, 0.4) is 0 Å². The molecule has 0 aliphatic carbocycles. The summed E-state index contributed by atoms with van der Waals surface area (Å²) in [6.45, 7) is 0.220. The Morgan fingerprint density at radius 2 is 2.05 bits per heavy atom. The molecule has 1 N–H and O–H groups in total. The van der Waals surface area contributed by atoms with Crippen molar-refractivity contribution in [2.75, 3.05) is 6.61 Å². The number of ether oxygens (including phenoxy) is 1. The fraction of sp³-hybridized carbons (Fsp3) is 0.462. The Labute approximate surface area is 123 Å². The SMILES string of the molecule is CCCCOC(=O)[C@H](C)N[P@](=O)(Cl)Oc1ccccc1. The maximum Gasteiger partial charge on any atom is 0.409 e. The summed E-state index contributed by atoms with van der Waals surface area (Å²) in [6, 6.07) is 7.71. The number of halogens is 1. The van der Waals surface area contributed by atoms with Gasteiger partial charge in [-0.15, -0.1) is 0 Å². The average molecular weight is 320 g/mol. The first-order chi connectivity index (χ1) is 9.44. The van der Waals surface area contributed by atoms with Gasteiger partial charge in [0.25, 0.3) is 0 Å².